The van der Waals surface area contributed by atoms with Gasteiger partial charge >= 0.3 is 11.8 Å². The van der Waals surface area contributed by atoms with Crippen LogP contribution < -0.4 is 5.69 Å². The predicted molar refractivity (Wildman–Crippen MR) is 120 cm³/mol. The van der Waals surface area contributed by atoms with Crippen LogP contribution in [0.1, 0.15) is 62.7 Å². The highest BCUT2D eigenvalue weighted by Crippen LogP contribution is 2.45. The molecular weight excluding hydrogens is 423 g/mol. The van der Waals surface area contributed by atoms with E-state index in [9.17, 15) is 14.0 Å². The molecule has 1 amide bonds. The number of H-pyrrole nitrogens is 1. The largest absolute Gasteiger partial charge is 0.441 e. The van der Waals surface area contributed by atoms with Gasteiger partial charge in [-0.15, -0.1) is 0 Å². The molecule has 1 atom stereocenters. The van der Waals surface area contributed by atoms with Gasteiger partial charge in [0.15, 0.2) is 0 Å². The van der Waals surface area contributed by atoms with Crippen molar-refractivity contribution in [3.63, 3.8) is 0 Å². The van der Waals surface area contributed by atoms with E-state index in [0.29, 0.717) is 36.7 Å². The van der Waals surface area contributed by atoms with E-state index in [-0.39, 0.29) is 35.5 Å². The lowest BCUT2D eigenvalue weighted by molar-refractivity contribution is 0.0662. The molecule has 2 heterocycles. The quantitative estimate of drug-likeness (QED) is 0.623. The number of hydrogen-bond donors (Lipinski definition) is 1. The Morgan fingerprint density at radius 1 is 1.09 bits per heavy atom. The fourth-order valence-corrected chi connectivity index (χ4v) is 5.52. The summed E-state index contributed by atoms with van der Waals surface area (Å²) in [5.41, 5.74) is 0.887. The molecule has 7 nitrogen and oxygen atoms in total. The molecule has 3 aromatic rings. The second kappa shape index (κ2) is 7.77. The van der Waals surface area contributed by atoms with Gasteiger partial charge in [-0.3, -0.25) is 9.47 Å². The number of imidazole rings is 1. The SMILES string of the molecule is CC1(C)OC(=O)N(C2CCC(n3c(=O)[nH]c4cc(C#N)c(F)cc43)CC2)[C@H]1c1ccccc1. The number of carbonyl (C=O) groups is 1. The Kier molecular flexibility index (Phi) is 5.00. The molecule has 5 rings (SSSR count). The van der Waals surface area contributed by atoms with Crippen molar-refractivity contribution in [3.8, 4) is 6.07 Å². The first-order chi connectivity index (χ1) is 15.8. The standard InChI is InChI=1S/C25H25FN4O3/c1-25(2)22(15-6-4-3-5-7-15)30(24(32)33-25)18-10-8-17(9-11-18)29-21-13-19(26)16(14-27)12-20(21)28-23(29)31/h3-7,12-13,17-18,22H,8-11H2,1-2H3,(H,28,31)/t17?,18?,22-/m0/s1. The minimum absolute atomic E-state index is 0.0106. The maximum Gasteiger partial charge on any atom is 0.411 e. The Labute approximate surface area is 190 Å². The molecule has 2 fully saturated rings. The third-order valence-corrected chi connectivity index (χ3v) is 6.96. The average molecular weight is 448 g/mol. The summed E-state index contributed by atoms with van der Waals surface area (Å²) in [7, 11) is 0. The number of nitriles is 1. The van der Waals surface area contributed by atoms with Crippen molar-refractivity contribution in [2.24, 2.45) is 0 Å². The Balaban J connectivity index is 1.41. The van der Waals surface area contributed by atoms with Crippen LogP contribution in [0.2, 0.25) is 0 Å². The minimum Gasteiger partial charge on any atom is -0.441 e. The van der Waals surface area contributed by atoms with E-state index in [1.54, 1.807) is 10.6 Å². The minimum atomic E-state index is -0.654. The summed E-state index contributed by atoms with van der Waals surface area (Å²) in [5, 5.41) is 9.07. The average Bonchev–Trinajstić information content (AvgIpc) is 3.24. The summed E-state index contributed by atoms with van der Waals surface area (Å²) in [6, 6.07) is 14.0. The van der Waals surface area contributed by atoms with E-state index in [1.165, 1.54) is 12.1 Å². The number of rotatable bonds is 3. The highest BCUT2D eigenvalue weighted by atomic mass is 19.1. The first-order valence-electron chi connectivity index (χ1n) is 11.2. The first kappa shape index (κ1) is 21.3. The lowest BCUT2D eigenvalue weighted by Crippen LogP contribution is -2.43. The van der Waals surface area contributed by atoms with Crippen molar-refractivity contribution in [1.29, 1.82) is 5.26 Å². The van der Waals surface area contributed by atoms with Crippen molar-refractivity contribution >= 4 is 17.1 Å². The monoisotopic (exact) mass is 448 g/mol. The summed E-state index contributed by atoms with van der Waals surface area (Å²) >= 11 is 0. The number of cyclic esters (lactones) is 1. The smallest absolute Gasteiger partial charge is 0.411 e. The molecule has 170 valence electrons. The van der Waals surface area contributed by atoms with E-state index < -0.39 is 11.4 Å². The van der Waals surface area contributed by atoms with Crippen molar-refractivity contribution in [1.82, 2.24) is 14.5 Å². The third kappa shape index (κ3) is 3.48. The molecule has 8 heteroatoms. The number of hydrogen-bond acceptors (Lipinski definition) is 4. The Morgan fingerprint density at radius 3 is 2.42 bits per heavy atom. The third-order valence-electron chi connectivity index (χ3n) is 6.96. The van der Waals surface area contributed by atoms with Gasteiger partial charge in [0.05, 0.1) is 22.6 Å². The number of carbonyl (C=O) groups excluding carboxylic acids is 1. The second-order valence-corrected chi connectivity index (χ2v) is 9.42. The Hall–Kier alpha value is -3.60. The van der Waals surface area contributed by atoms with Gasteiger partial charge in [0.2, 0.25) is 0 Å². The Morgan fingerprint density at radius 2 is 1.76 bits per heavy atom. The first-order valence-corrected chi connectivity index (χ1v) is 11.2. The number of amides is 1. The zero-order valence-corrected chi connectivity index (χ0v) is 18.5. The van der Waals surface area contributed by atoms with Crippen molar-refractivity contribution in [2.75, 3.05) is 0 Å². The Bertz CT molecular complexity index is 1310. The topological polar surface area (TPSA) is 91.1 Å². The number of aromatic nitrogens is 2. The molecular formula is C25H25FN4O3. The molecule has 1 aromatic heterocycles. The van der Waals surface area contributed by atoms with Crippen LogP contribution in [-0.2, 0) is 4.74 Å². The van der Waals surface area contributed by atoms with Gasteiger partial charge in [0.25, 0.3) is 0 Å². The van der Waals surface area contributed by atoms with Crippen molar-refractivity contribution in [3.05, 3.63) is 69.9 Å². The van der Waals surface area contributed by atoms with Crippen molar-refractivity contribution < 1.29 is 13.9 Å². The van der Waals surface area contributed by atoms with Crippen LogP contribution in [0.4, 0.5) is 9.18 Å². The molecule has 0 bridgehead atoms. The molecule has 2 aromatic carbocycles. The fourth-order valence-electron chi connectivity index (χ4n) is 5.52. The molecule has 0 radical (unpaired) electrons. The van der Waals surface area contributed by atoms with Gasteiger partial charge in [-0.05, 0) is 51.2 Å². The lowest BCUT2D eigenvalue weighted by Gasteiger charge is -2.38. The van der Waals surface area contributed by atoms with Crippen LogP contribution in [0, 0.1) is 17.1 Å². The summed E-state index contributed by atoms with van der Waals surface area (Å²) in [5.74, 6) is -0.640. The zero-order valence-electron chi connectivity index (χ0n) is 18.5. The van der Waals surface area contributed by atoms with E-state index in [0.717, 1.165) is 5.56 Å². The number of aromatic amines is 1. The molecule has 1 aliphatic heterocycles. The fraction of sp³-hybridized carbons (Fsp3) is 0.400. The molecule has 0 spiro atoms. The summed E-state index contributed by atoms with van der Waals surface area (Å²) in [6.07, 6.45) is 2.44. The molecule has 2 aliphatic rings. The van der Waals surface area contributed by atoms with Crippen LogP contribution in [0.15, 0.2) is 47.3 Å². The predicted octanol–water partition coefficient (Wildman–Crippen LogP) is 4.80. The highest BCUT2D eigenvalue weighted by molar-refractivity contribution is 5.77. The number of ether oxygens (including phenoxy) is 1. The number of nitrogens with one attached hydrogen (secondary N) is 1. The van der Waals surface area contributed by atoms with Gasteiger partial charge in [-0.2, -0.15) is 5.26 Å². The normalized spacial score (nSPS) is 24.6. The van der Waals surface area contributed by atoms with E-state index in [4.69, 9.17) is 10.00 Å². The molecule has 1 aliphatic carbocycles. The second-order valence-electron chi connectivity index (χ2n) is 9.42. The summed E-state index contributed by atoms with van der Waals surface area (Å²) in [4.78, 5) is 30.2. The van der Waals surface area contributed by atoms with Crippen LogP contribution >= 0.6 is 0 Å². The van der Waals surface area contributed by atoms with Gasteiger partial charge in [0, 0.05) is 18.2 Å². The summed E-state index contributed by atoms with van der Waals surface area (Å²) in [6.45, 7) is 3.87. The van der Waals surface area contributed by atoms with Gasteiger partial charge in [-0.25, -0.2) is 14.0 Å². The maximum atomic E-state index is 14.3. The molecule has 1 saturated heterocycles. The zero-order chi connectivity index (χ0) is 23.3. The van der Waals surface area contributed by atoms with Crippen LogP contribution in [0.3, 0.4) is 0 Å². The summed E-state index contributed by atoms with van der Waals surface area (Å²) < 4.78 is 21.6. The van der Waals surface area contributed by atoms with Gasteiger partial charge in [-0.1, -0.05) is 30.3 Å². The number of halogens is 1. The van der Waals surface area contributed by atoms with E-state index in [2.05, 4.69) is 4.98 Å². The highest BCUT2D eigenvalue weighted by Gasteiger charge is 2.51. The van der Waals surface area contributed by atoms with E-state index in [1.807, 2.05) is 49.1 Å². The van der Waals surface area contributed by atoms with Crippen LogP contribution in [0.25, 0.3) is 11.0 Å². The number of nitrogens with zero attached hydrogens (tertiary/aromatic N) is 3. The van der Waals surface area contributed by atoms with Crippen molar-refractivity contribution in [2.45, 2.75) is 63.3 Å². The number of fused-ring (bicyclic) bond motifs is 1. The molecule has 33 heavy (non-hydrogen) atoms. The molecule has 0 unspecified atom stereocenters. The van der Waals surface area contributed by atoms with Crippen LogP contribution in [-0.4, -0.2) is 32.2 Å². The van der Waals surface area contributed by atoms with E-state index >= 15 is 0 Å². The molecule has 1 N–H and O–H groups in total. The van der Waals surface area contributed by atoms with Gasteiger partial charge < -0.3 is 9.72 Å². The lowest BCUT2D eigenvalue weighted by atomic mass is 9.86. The maximum absolute atomic E-state index is 14.3. The molecule has 1 saturated carbocycles. The number of benzene rings is 2. The van der Waals surface area contributed by atoms with Gasteiger partial charge in [0.1, 0.15) is 17.5 Å². The van der Waals surface area contributed by atoms with Crippen LogP contribution in [0.5, 0.6) is 0 Å².